The molecule has 0 aliphatic rings. The fraction of sp³-hybridized carbons (Fsp3) is 0.700. The van der Waals surface area contributed by atoms with E-state index < -0.39 is 0 Å². The summed E-state index contributed by atoms with van der Waals surface area (Å²) in [6.45, 7) is 8.69. The summed E-state index contributed by atoms with van der Waals surface area (Å²) in [6, 6.07) is 0.359. The molecule has 2 heteroatoms. The molecule has 70 valence electrons. The van der Waals surface area contributed by atoms with Crippen LogP contribution in [-0.4, -0.2) is 26.0 Å². The topological polar surface area (TPSA) is 21.6 Å². The summed E-state index contributed by atoms with van der Waals surface area (Å²) in [5.41, 5.74) is 0. The van der Waals surface area contributed by atoms with Crippen LogP contribution in [0, 0.1) is 5.92 Å². The van der Waals surface area contributed by atoms with Crippen molar-refractivity contribution in [1.29, 1.82) is 0 Å². The van der Waals surface area contributed by atoms with Crippen molar-refractivity contribution in [2.24, 2.45) is 10.9 Å². The van der Waals surface area contributed by atoms with Gasteiger partial charge in [-0.05, 0) is 19.3 Å². The van der Waals surface area contributed by atoms with Gasteiger partial charge in [0.1, 0.15) is 0 Å². The number of allylic oxidation sites excluding steroid dienone is 1. The van der Waals surface area contributed by atoms with Crippen LogP contribution in [0.25, 0.3) is 0 Å². The number of rotatable bonds is 6. The zero-order valence-corrected chi connectivity index (χ0v) is 8.29. The second-order valence-electron chi connectivity index (χ2n) is 3.03. The van der Waals surface area contributed by atoms with Crippen LogP contribution < -0.4 is 0 Å². The minimum atomic E-state index is 0.359. The van der Waals surface area contributed by atoms with E-state index in [9.17, 15) is 0 Å². The van der Waals surface area contributed by atoms with Crippen molar-refractivity contribution in [2.45, 2.75) is 26.3 Å². The lowest BCUT2D eigenvalue weighted by Gasteiger charge is -2.14. The van der Waals surface area contributed by atoms with Crippen LogP contribution in [0.2, 0.25) is 0 Å². The van der Waals surface area contributed by atoms with Crippen LogP contribution in [0.1, 0.15) is 20.3 Å². The lowest BCUT2D eigenvalue weighted by atomic mass is 10.0. The van der Waals surface area contributed by atoms with E-state index in [1.807, 2.05) is 0 Å². The third-order valence-corrected chi connectivity index (χ3v) is 2.03. The molecule has 0 radical (unpaired) electrons. The molecule has 0 amide bonds. The maximum Gasteiger partial charge on any atom is 0.0497 e. The summed E-state index contributed by atoms with van der Waals surface area (Å²) >= 11 is 0. The first kappa shape index (κ1) is 11.4. The highest BCUT2D eigenvalue weighted by Gasteiger charge is 2.08. The standard InChI is InChI=1S/C10H19NO/c1-5-7-11-10(3)9(2)6-8-12-4/h5,7,9-10H,1,6,8H2,2-4H3. The van der Waals surface area contributed by atoms with Crippen LogP contribution in [0.4, 0.5) is 0 Å². The van der Waals surface area contributed by atoms with Crippen LogP contribution in [-0.2, 0) is 4.74 Å². The molecule has 0 bridgehead atoms. The van der Waals surface area contributed by atoms with Gasteiger partial charge in [0, 0.05) is 26.0 Å². The second-order valence-corrected chi connectivity index (χ2v) is 3.03. The van der Waals surface area contributed by atoms with E-state index in [1.54, 1.807) is 19.4 Å². The predicted octanol–water partition coefficient (Wildman–Crippen LogP) is 2.30. The Hall–Kier alpha value is -0.630. The largest absolute Gasteiger partial charge is 0.385 e. The molecule has 0 aromatic carbocycles. The number of ether oxygens (including phenoxy) is 1. The molecule has 0 aromatic heterocycles. The van der Waals surface area contributed by atoms with E-state index >= 15 is 0 Å². The molecule has 0 saturated carbocycles. The Morgan fingerprint density at radius 1 is 1.50 bits per heavy atom. The van der Waals surface area contributed by atoms with Gasteiger partial charge < -0.3 is 4.74 Å². The van der Waals surface area contributed by atoms with E-state index in [-0.39, 0.29) is 0 Å². The summed E-state index contributed by atoms with van der Waals surface area (Å²) in [4.78, 5) is 4.30. The van der Waals surface area contributed by atoms with E-state index in [1.165, 1.54) is 0 Å². The first-order valence-electron chi connectivity index (χ1n) is 4.35. The van der Waals surface area contributed by atoms with Crippen molar-refractivity contribution in [1.82, 2.24) is 0 Å². The fourth-order valence-corrected chi connectivity index (χ4v) is 0.888. The molecule has 0 N–H and O–H groups in total. The molecular formula is C10H19NO. The lowest BCUT2D eigenvalue weighted by Crippen LogP contribution is -2.13. The van der Waals surface area contributed by atoms with Gasteiger partial charge in [-0.2, -0.15) is 0 Å². The molecule has 0 aromatic rings. The summed E-state index contributed by atoms with van der Waals surface area (Å²) in [5.74, 6) is 0.571. The van der Waals surface area contributed by atoms with Gasteiger partial charge in [0.25, 0.3) is 0 Å². The first-order chi connectivity index (χ1) is 5.72. The number of hydrogen-bond donors (Lipinski definition) is 0. The number of hydrogen-bond acceptors (Lipinski definition) is 2. The Morgan fingerprint density at radius 3 is 2.67 bits per heavy atom. The lowest BCUT2D eigenvalue weighted by molar-refractivity contribution is 0.176. The van der Waals surface area contributed by atoms with E-state index in [0.717, 1.165) is 13.0 Å². The molecule has 0 fully saturated rings. The van der Waals surface area contributed by atoms with Gasteiger partial charge in [-0.15, -0.1) is 0 Å². The third-order valence-electron chi connectivity index (χ3n) is 2.03. The molecule has 2 atom stereocenters. The van der Waals surface area contributed by atoms with Crippen LogP contribution in [0.5, 0.6) is 0 Å². The van der Waals surface area contributed by atoms with Crippen LogP contribution in [0.3, 0.4) is 0 Å². The highest BCUT2D eigenvalue weighted by molar-refractivity contribution is 5.70. The third kappa shape index (κ3) is 5.08. The Bertz CT molecular complexity index is 143. The summed E-state index contributed by atoms with van der Waals surface area (Å²) in [7, 11) is 1.73. The highest BCUT2D eigenvalue weighted by Crippen LogP contribution is 2.10. The monoisotopic (exact) mass is 169 g/mol. The molecular weight excluding hydrogens is 150 g/mol. The van der Waals surface area contributed by atoms with Gasteiger partial charge in [-0.25, -0.2) is 0 Å². The van der Waals surface area contributed by atoms with Crippen molar-refractivity contribution in [3.8, 4) is 0 Å². The van der Waals surface area contributed by atoms with Crippen LogP contribution >= 0.6 is 0 Å². The average Bonchev–Trinajstić information content (AvgIpc) is 2.10. The maximum absolute atomic E-state index is 5.00. The molecule has 0 aliphatic heterocycles. The van der Waals surface area contributed by atoms with Gasteiger partial charge in [-0.1, -0.05) is 19.6 Å². The smallest absolute Gasteiger partial charge is 0.0497 e. The zero-order valence-electron chi connectivity index (χ0n) is 8.29. The number of methoxy groups -OCH3 is 1. The van der Waals surface area contributed by atoms with Gasteiger partial charge >= 0.3 is 0 Å². The summed E-state index contributed by atoms with van der Waals surface area (Å²) < 4.78 is 5.00. The van der Waals surface area contributed by atoms with E-state index in [2.05, 4.69) is 25.4 Å². The minimum Gasteiger partial charge on any atom is -0.385 e. The molecule has 0 heterocycles. The Balaban J connectivity index is 3.67. The highest BCUT2D eigenvalue weighted by atomic mass is 16.5. The second kappa shape index (κ2) is 7.04. The summed E-state index contributed by atoms with van der Waals surface area (Å²) in [6.07, 6.45) is 4.53. The first-order valence-corrected chi connectivity index (χ1v) is 4.35. The van der Waals surface area contributed by atoms with Gasteiger partial charge in [-0.3, -0.25) is 4.99 Å². The Labute approximate surface area is 75.3 Å². The van der Waals surface area contributed by atoms with Crippen LogP contribution in [0.15, 0.2) is 17.6 Å². The molecule has 12 heavy (non-hydrogen) atoms. The van der Waals surface area contributed by atoms with Crippen molar-refractivity contribution >= 4 is 6.21 Å². The molecule has 0 spiro atoms. The van der Waals surface area contributed by atoms with Crippen molar-refractivity contribution in [3.63, 3.8) is 0 Å². The van der Waals surface area contributed by atoms with Gasteiger partial charge in [0.05, 0.1) is 0 Å². The SMILES string of the molecule is C=CC=NC(C)C(C)CCOC. The minimum absolute atomic E-state index is 0.359. The van der Waals surface area contributed by atoms with Crippen molar-refractivity contribution in [3.05, 3.63) is 12.7 Å². The molecule has 0 rings (SSSR count). The van der Waals surface area contributed by atoms with Crippen molar-refractivity contribution in [2.75, 3.05) is 13.7 Å². The summed E-state index contributed by atoms with van der Waals surface area (Å²) in [5, 5.41) is 0. The molecule has 0 saturated heterocycles. The molecule has 0 aliphatic carbocycles. The Morgan fingerprint density at radius 2 is 2.17 bits per heavy atom. The molecule has 2 nitrogen and oxygen atoms in total. The maximum atomic E-state index is 5.00. The normalized spacial score (nSPS) is 16.2. The van der Waals surface area contributed by atoms with Gasteiger partial charge in [0.15, 0.2) is 0 Å². The number of aliphatic imine (C=N–C) groups is 1. The fourth-order valence-electron chi connectivity index (χ4n) is 0.888. The van der Waals surface area contributed by atoms with E-state index in [4.69, 9.17) is 4.74 Å². The molecule has 2 unspecified atom stereocenters. The van der Waals surface area contributed by atoms with Crippen molar-refractivity contribution < 1.29 is 4.74 Å². The van der Waals surface area contributed by atoms with Gasteiger partial charge in [0.2, 0.25) is 0 Å². The average molecular weight is 169 g/mol. The quantitative estimate of drug-likeness (QED) is 0.559. The number of nitrogens with zero attached hydrogens (tertiary/aromatic N) is 1. The van der Waals surface area contributed by atoms with E-state index in [0.29, 0.717) is 12.0 Å². The predicted molar refractivity (Wildman–Crippen MR) is 53.8 cm³/mol. The zero-order chi connectivity index (χ0) is 9.40. The Kier molecular flexibility index (Phi) is 6.67.